The average Bonchev–Trinajstić information content (AvgIpc) is 3.31. The zero-order chi connectivity index (χ0) is 24.2. The van der Waals surface area contributed by atoms with Gasteiger partial charge in [0.15, 0.2) is 0 Å². The number of aliphatic imine (C=N–C) groups is 1. The minimum Gasteiger partial charge on any atom is -0.489 e. The molecule has 9 heteroatoms. The molecule has 3 N–H and O–H groups in total. The Morgan fingerprint density at radius 1 is 1.06 bits per heavy atom. The van der Waals surface area contributed by atoms with Crippen LogP contribution < -0.4 is 15.4 Å². The molecule has 35 heavy (non-hydrogen) atoms. The Kier molecular flexibility index (Phi) is 6.40. The van der Waals surface area contributed by atoms with E-state index in [0.29, 0.717) is 18.4 Å². The molecule has 0 spiro atoms. The first-order valence-corrected chi connectivity index (χ1v) is 11.2. The van der Waals surface area contributed by atoms with E-state index in [1.165, 1.54) is 18.5 Å². The van der Waals surface area contributed by atoms with Crippen molar-refractivity contribution in [3.05, 3.63) is 83.9 Å². The molecule has 8 nitrogen and oxygen atoms in total. The molecule has 0 unspecified atom stereocenters. The maximum Gasteiger partial charge on any atom is 0.289 e. The fraction of sp³-hybridized carbons (Fsp3) is 0.192. The van der Waals surface area contributed by atoms with Crippen LogP contribution in [0.2, 0.25) is 0 Å². The SMILES string of the molecule is Cc1cc(Nc2ncnc3ccc(NC4=N[C@@H](CO)CO4)cc23)ccc1OCc1cccc(F)c1. The molecule has 1 aliphatic rings. The quantitative estimate of drug-likeness (QED) is 0.362. The van der Waals surface area contributed by atoms with Crippen molar-refractivity contribution in [2.24, 2.45) is 4.99 Å². The highest BCUT2D eigenvalue weighted by molar-refractivity contribution is 5.97. The van der Waals surface area contributed by atoms with Crippen LogP contribution in [0.3, 0.4) is 0 Å². The minimum atomic E-state index is -0.282. The van der Waals surface area contributed by atoms with Gasteiger partial charge in [0.25, 0.3) is 6.02 Å². The monoisotopic (exact) mass is 473 g/mol. The summed E-state index contributed by atoms with van der Waals surface area (Å²) < 4.78 is 24.8. The average molecular weight is 474 g/mol. The van der Waals surface area contributed by atoms with Crippen LogP contribution in [0, 0.1) is 12.7 Å². The number of benzene rings is 3. The highest BCUT2D eigenvalue weighted by atomic mass is 19.1. The lowest BCUT2D eigenvalue weighted by molar-refractivity contribution is 0.227. The van der Waals surface area contributed by atoms with E-state index in [2.05, 4.69) is 25.6 Å². The number of fused-ring (bicyclic) bond motifs is 1. The van der Waals surface area contributed by atoms with Crippen LogP contribution in [-0.2, 0) is 11.3 Å². The zero-order valence-corrected chi connectivity index (χ0v) is 19.0. The van der Waals surface area contributed by atoms with Crippen LogP contribution in [0.1, 0.15) is 11.1 Å². The van der Waals surface area contributed by atoms with E-state index < -0.39 is 0 Å². The molecular formula is C26H24FN5O3. The maximum absolute atomic E-state index is 13.4. The summed E-state index contributed by atoms with van der Waals surface area (Å²) in [7, 11) is 0. The lowest BCUT2D eigenvalue weighted by atomic mass is 10.1. The van der Waals surface area contributed by atoms with Crippen LogP contribution in [0.25, 0.3) is 10.9 Å². The summed E-state index contributed by atoms with van der Waals surface area (Å²) in [4.78, 5) is 13.1. The van der Waals surface area contributed by atoms with Crippen molar-refractivity contribution >= 4 is 34.1 Å². The molecule has 1 aliphatic heterocycles. The molecule has 5 rings (SSSR count). The van der Waals surface area contributed by atoms with E-state index in [0.717, 1.165) is 39.2 Å². The molecule has 0 fully saturated rings. The topological polar surface area (TPSA) is 101 Å². The fourth-order valence-corrected chi connectivity index (χ4v) is 3.75. The maximum atomic E-state index is 13.4. The Bertz CT molecular complexity index is 1390. The number of rotatable bonds is 7. The number of halogens is 1. The van der Waals surface area contributed by atoms with Gasteiger partial charge in [-0.1, -0.05) is 12.1 Å². The third-order valence-corrected chi connectivity index (χ3v) is 5.53. The molecule has 0 amide bonds. The summed E-state index contributed by atoms with van der Waals surface area (Å²) >= 11 is 0. The van der Waals surface area contributed by atoms with Gasteiger partial charge in [-0.25, -0.2) is 19.4 Å². The first kappa shape index (κ1) is 22.5. The second kappa shape index (κ2) is 9.94. The van der Waals surface area contributed by atoms with Gasteiger partial charge in [0.2, 0.25) is 0 Å². The summed E-state index contributed by atoms with van der Waals surface area (Å²) in [5.74, 6) is 1.09. The van der Waals surface area contributed by atoms with E-state index in [9.17, 15) is 9.50 Å². The van der Waals surface area contributed by atoms with Gasteiger partial charge >= 0.3 is 0 Å². The summed E-state index contributed by atoms with van der Waals surface area (Å²) in [6.07, 6.45) is 1.51. The first-order chi connectivity index (χ1) is 17.1. The predicted octanol–water partition coefficient (Wildman–Crippen LogP) is 4.56. The minimum absolute atomic E-state index is 0.0567. The van der Waals surface area contributed by atoms with E-state index in [-0.39, 0.29) is 25.1 Å². The fourth-order valence-electron chi connectivity index (χ4n) is 3.75. The molecule has 0 radical (unpaired) electrons. The predicted molar refractivity (Wildman–Crippen MR) is 133 cm³/mol. The Hall–Kier alpha value is -4.24. The number of nitrogens with zero attached hydrogens (tertiary/aromatic N) is 3. The number of hydrogen-bond acceptors (Lipinski definition) is 8. The third kappa shape index (κ3) is 5.30. The standard InChI is InChI=1S/C26H24FN5O3/c1-16-9-19(6-8-24(16)34-13-17-3-2-4-18(27)10-17)30-25-22-11-20(5-7-23(22)28-15-29-25)31-26-32-21(12-33)14-35-26/h2-11,15,21,33H,12-14H2,1H3,(H,31,32)(H,28,29,30)/t21-/m0/s1. The summed E-state index contributed by atoms with van der Waals surface area (Å²) in [5.41, 5.74) is 4.09. The number of anilines is 3. The second-order valence-corrected chi connectivity index (χ2v) is 8.18. The number of hydrogen-bond donors (Lipinski definition) is 3. The van der Waals surface area contributed by atoms with Crippen molar-refractivity contribution in [1.29, 1.82) is 0 Å². The van der Waals surface area contributed by atoms with Gasteiger partial charge < -0.3 is 25.2 Å². The van der Waals surface area contributed by atoms with Crippen molar-refractivity contribution in [2.45, 2.75) is 19.6 Å². The number of aliphatic hydroxyl groups is 1. The first-order valence-electron chi connectivity index (χ1n) is 11.2. The Balaban J connectivity index is 1.32. The molecular weight excluding hydrogens is 449 g/mol. The van der Waals surface area contributed by atoms with Gasteiger partial charge in [0, 0.05) is 16.8 Å². The van der Waals surface area contributed by atoms with Crippen molar-refractivity contribution < 1.29 is 19.0 Å². The molecule has 3 aromatic carbocycles. The lowest BCUT2D eigenvalue weighted by Crippen LogP contribution is -2.12. The van der Waals surface area contributed by atoms with Crippen LogP contribution in [-0.4, -0.2) is 40.4 Å². The number of amidine groups is 1. The van der Waals surface area contributed by atoms with Gasteiger partial charge in [-0.2, -0.15) is 0 Å². The molecule has 0 saturated carbocycles. The number of aryl methyl sites for hydroxylation is 1. The third-order valence-electron chi connectivity index (χ3n) is 5.53. The molecule has 1 aromatic heterocycles. The van der Waals surface area contributed by atoms with Crippen molar-refractivity contribution in [2.75, 3.05) is 23.8 Å². The van der Waals surface area contributed by atoms with Gasteiger partial charge in [-0.05, 0) is 66.6 Å². The summed E-state index contributed by atoms with van der Waals surface area (Å²) in [5, 5.41) is 16.5. The molecule has 1 atom stereocenters. The number of ether oxygens (including phenoxy) is 2. The van der Waals surface area contributed by atoms with Crippen LogP contribution in [0.5, 0.6) is 5.75 Å². The van der Waals surface area contributed by atoms with Gasteiger partial charge in [-0.15, -0.1) is 0 Å². The number of aliphatic hydroxyl groups excluding tert-OH is 1. The van der Waals surface area contributed by atoms with Crippen LogP contribution in [0.15, 0.2) is 72.0 Å². The Morgan fingerprint density at radius 2 is 1.91 bits per heavy atom. The van der Waals surface area contributed by atoms with Gasteiger partial charge in [0.1, 0.15) is 43.0 Å². The summed E-state index contributed by atoms with van der Waals surface area (Å²) in [6, 6.07) is 17.9. The van der Waals surface area contributed by atoms with E-state index in [4.69, 9.17) is 9.47 Å². The second-order valence-electron chi connectivity index (χ2n) is 8.18. The number of nitrogens with one attached hydrogen (secondary N) is 2. The summed E-state index contributed by atoms with van der Waals surface area (Å²) in [6.45, 7) is 2.53. The molecule has 0 aliphatic carbocycles. The Morgan fingerprint density at radius 3 is 2.71 bits per heavy atom. The van der Waals surface area contributed by atoms with E-state index in [1.807, 2.05) is 49.4 Å². The van der Waals surface area contributed by atoms with Crippen LogP contribution in [0.4, 0.5) is 21.6 Å². The largest absolute Gasteiger partial charge is 0.489 e. The highest BCUT2D eigenvalue weighted by Crippen LogP contribution is 2.29. The molecule has 2 heterocycles. The molecule has 0 saturated heterocycles. The van der Waals surface area contributed by atoms with Crippen LogP contribution >= 0.6 is 0 Å². The molecule has 4 aromatic rings. The number of aromatic nitrogens is 2. The van der Waals surface area contributed by atoms with Gasteiger partial charge in [0.05, 0.1) is 12.1 Å². The van der Waals surface area contributed by atoms with Crippen molar-refractivity contribution in [3.63, 3.8) is 0 Å². The lowest BCUT2D eigenvalue weighted by Gasteiger charge is -2.13. The van der Waals surface area contributed by atoms with Gasteiger partial charge in [-0.3, -0.25) is 0 Å². The van der Waals surface area contributed by atoms with Crippen molar-refractivity contribution in [1.82, 2.24) is 9.97 Å². The van der Waals surface area contributed by atoms with E-state index in [1.54, 1.807) is 6.07 Å². The smallest absolute Gasteiger partial charge is 0.289 e. The normalized spacial score (nSPS) is 14.9. The highest BCUT2D eigenvalue weighted by Gasteiger charge is 2.18. The molecule has 0 bridgehead atoms. The molecule has 178 valence electrons. The Labute approximate surface area is 201 Å². The van der Waals surface area contributed by atoms with Crippen molar-refractivity contribution in [3.8, 4) is 5.75 Å². The van der Waals surface area contributed by atoms with E-state index >= 15 is 0 Å². The zero-order valence-electron chi connectivity index (χ0n) is 19.0.